The van der Waals surface area contributed by atoms with Crippen LogP contribution in [0.3, 0.4) is 0 Å². The third-order valence-corrected chi connectivity index (χ3v) is 7.97. The molecular formula is C24H31N3O4S. The summed E-state index contributed by atoms with van der Waals surface area (Å²) < 4.78 is 32.4. The van der Waals surface area contributed by atoms with E-state index in [0.717, 1.165) is 54.5 Å². The van der Waals surface area contributed by atoms with Gasteiger partial charge in [0.15, 0.2) is 0 Å². The standard InChI is InChI=1S/C24H31N3O4S/c1-26(2)32(29,30)21-13-14-23(27-15-5-6-16-27)22(17-21)24(28)25-18-9-11-20(12-10-18)31-19-7-3-4-8-19/h9-14,17,19H,3-8,15-16H2,1-2H3,(H,25,28). The lowest BCUT2D eigenvalue weighted by Gasteiger charge is -2.22. The normalized spacial score (nSPS) is 17.2. The maximum absolute atomic E-state index is 13.2. The number of amides is 1. The molecule has 0 bridgehead atoms. The van der Waals surface area contributed by atoms with E-state index in [1.54, 1.807) is 12.1 Å². The van der Waals surface area contributed by atoms with E-state index >= 15 is 0 Å². The summed E-state index contributed by atoms with van der Waals surface area (Å²) in [6.45, 7) is 1.71. The van der Waals surface area contributed by atoms with Crippen molar-refractivity contribution < 1.29 is 17.9 Å². The van der Waals surface area contributed by atoms with Gasteiger partial charge in [-0.2, -0.15) is 0 Å². The number of carbonyl (C=O) groups is 1. The van der Waals surface area contributed by atoms with Crippen molar-refractivity contribution in [3.8, 4) is 5.75 Å². The summed E-state index contributed by atoms with van der Waals surface area (Å²) >= 11 is 0. The number of anilines is 2. The fourth-order valence-electron chi connectivity index (χ4n) is 4.32. The van der Waals surface area contributed by atoms with Crippen LogP contribution in [0.5, 0.6) is 5.75 Å². The third-order valence-electron chi connectivity index (χ3n) is 6.16. The fourth-order valence-corrected chi connectivity index (χ4v) is 5.24. The van der Waals surface area contributed by atoms with Crippen LogP contribution in [0.25, 0.3) is 0 Å². The van der Waals surface area contributed by atoms with Gasteiger partial charge < -0.3 is 15.0 Å². The molecule has 0 spiro atoms. The summed E-state index contributed by atoms with van der Waals surface area (Å²) in [6.07, 6.45) is 6.98. The number of nitrogens with one attached hydrogen (secondary N) is 1. The molecule has 4 rings (SSSR count). The number of hydrogen-bond acceptors (Lipinski definition) is 5. The summed E-state index contributed by atoms with van der Waals surface area (Å²) in [7, 11) is -0.675. The first-order valence-corrected chi connectivity index (χ1v) is 12.7. The van der Waals surface area contributed by atoms with Crippen LogP contribution in [0.4, 0.5) is 11.4 Å². The minimum Gasteiger partial charge on any atom is -0.490 e. The van der Waals surface area contributed by atoms with Crippen LogP contribution < -0.4 is 15.0 Å². The van der Waals surface area contributed by atoms with Crippen molar-refractivity contribution in [2.75, 3.05) is 37.4 Å². The van der Waals surface area contributed by atoms with Crippen LogP contribution in [0, 0.1) is 0 Å². The highest BCUT2D eigenvalue weighted by Crippen LogP contribution is 2.30. The Kier molecular flexibility index (Phi) is 6.71. The highest BCUT2D eigenvalue weighted by Gasteiger charge is 2.25. The molecule has 1 heterocycles. The summed E-state index contributed by atoms with van der Waals surface area (Å²) in [5.74, 6) is 0.471. The van der Waals surface area contributed by atoms with Crippen molar-refractivity contribution in [1.82, 2.24) is 4.31 Å². The van der Waals surface area contributed by atoms with E-state index in [-0.39, 0.29) is 16.9 Å². The van der Waals surface area contributed by atoms with Crippen LogP contribution in [0.15, 0.2) is 47.4 Å². The molecule has 2 aromatic carbocycles. The van der Waals surface area contributed by atoms with Crippen molar-refractivity contribution in [3.05, 3.63) is 48.0 Å². The van der Waals surface area contributed by atoms with E-state index < -0.39 is 10.0 Å². The number of hydrogen-bond donors (Lipinski definition) is 1. The van der Waals surface area contributed by atoms with E-state index in [2.05, 4.69) is 10.2 Å². The highest BCUT2D eigenvalue weighted by molar-refractivity contribution is 7.89. The van der Waals surface area contributed by atoms with Gasteiger partial charge in [-0.15, -0.1) is 0 Å². The molecule has 32 heavy (non-hydrogen) atoms. The van der Waals surface area contributed by atoms with Gasteiger partial charge in [0.2, 0.25) is 10.0 Å². The zero-order chi connectivity index (χ0) is 22.7. The molecule has 0 unspecified atom stereocenters. The molecule has 7 nitrogen and oxygen atoms in total. The van der Waals surface area contributed by atoms with E-state index in [1.807, 2.05) is 24.3 Å². The van der Waals surface area contributed by atoms with Gasteiger partial charge in [0.1, 0.15) is 5.75 Å². The first-order valence-electron chi connectivity index (χ1n) is 11.2. The van der Waals surface area contributed by atoms with Gasteiger partial charge in [-0.25, -0.2) is 12.7 Å². The Labute approximate surface area is 190 Å². The molecule has 1 aliphatic heterocycles. The number of benzene rings is 2. The molecule has 1 saturated carbocycles. The zero-order valence-corrected chi connectivity index (χ0v) is 19.5. The molecule has 0 aromatic heterocycles. The second kappa shape index (κ2) is 9.50. The molecule has 0 radical (unpaired) electrons. The van der Waals surface area contributed by atoms with Crippen LogP contribution >= 0.6 is 0 Å². The van der Waals surface area contributed by atoms with Gasteiger partial charge in [0.05, 0.1) is 16.6 Å². The van der Waals surface area contributed by atoms with Crippen molar-refractivity contribution in [1.29, 1.82) is 0 Å². The fraction of sp³-hybridized carbons (Fsp3) is 0.458. The summed E-state index contributed by atoms with van der Waals surface area (Å²) in [5.41, 5.74) is 1.77. The SMILES string of the molecule is CN(C)S(=O)(=O)c1ccc(N2CCCC2)c(C(=O)Nc2ccc(OC3CCCC3)cc2)c1. The Morgan fingerprint density at radius 1 is 1.00 bits per heavy atom. The van der Waals surface area contributed by atoms with Crippen molar-refractivity contribution in [3.63, 3.8) is 0 Å². The minimum atomic E-state index is -3.65. The quantitative estimate of drug-likeness (QED) is 0.677. The Morgan fingerprint density at radius 2 is 1.66 bits per heavy atom. The Balaban J connectivity index is 1.56. The van der Waals surface area contributed by atoms with E-state index in [0.29, 0.717) is 11.3 Å². The Hall–Kier alpha value is -2.58. The van der Waals surface area contributed by atoms with Gasteiger partial charge in [-0.1, -0.05) is 0 Å². The van der Waals surface area contributed by atoms with Crippen LogP contribution in [-0.2, 0) is 10.0 Å². The van der Waals surface area contributed by atoms with Gasteiger partial charge in [-0.05, 0) is 81.0 Å². The van der Waals surface area contributed by atoms with Gasteiger partial charge >= 0.3 is 0 Å². The van der Waals surface area contributed by atoms with Crippen molar-refractivity contribution in [2.45, 2.75) is 49.5 Å². The average Bonchev–Trinajstić information content (AvgIpc) is 3.49. The van der Waals surface area contributed by atoms with E-state index in [9.17, 15) is 13.2 Å². The lowest BCUT2D eigenvalue weighted by molar-refractivity contribution is 0.102. The molecule has 0 atom stereocenters. The second-order valence-corrected chi connectivity index (χ2v) is 10.8. The second-order valence-electron chi connectivity index (χ2n) is 8.66. The molecule has 1 amide bonds. The first kappa shape index (κ1) is 22.6. The largest absolute Gasteiger partial charge is 0.490 e. The molecule has 1 N–H and O–H groups in total. The predicted octanol–water partition coefficient (Wildman–Crippen LogP) is 4.11. The molecule has 1 saturated heterocycles. The number of sulfonamides is 1. The van der Waals surface area contributed by atoms with E-state index in [1.165, 1.54) is 33.0 Å². The van der Waals surface area contributed by atoms with Crippen LogP contribution in [0.1, 0.15) is 48.9 Å². The predicted molar refractivity (Wildman–Crippen MR) is 126 cm³/mol. The number of carbonyl (C=O) groups excluding carboxylic acids is 1. The van der Waals surface area contributed by atoms with E-state index in [4.69, 9.17) is 4.74 Å². The maximum atomic E-state index is 13.2. The number of nitrogens with zero attached hydrogens (tertiary/aromatic N) is 2. The first-order chi connectivity index (χ1) is 15.3. The minimum absolute atomic E-state index is 0.107. The molecule has 1 aliphatic carbocycles. The molecular weight excluding hydrogens is 426 g/mol. The third kappa shape index (κ3) is 4.91. The molecule has 2 aliphatic rings. The average molecular weight is 458 g/mol. The molecule has 2 aromatic rings. The van der Waals surface area contributed by atoms with Crippen LogP contribution in [-0.4, -0.2) is 51.9 Å². The maximum Gasteiger partial charge on any atom is 0.257 e. The monoisotopic (exact) mass is 457 g/mol. The smallest absolute Gasteiger partial charge is 0.257 e. The molecule has 8 heteroatoms. The van der Waals surface area contributed by atoms with Gasteiger partial charge in [0, 0.05) is 38.6 Å². The lowest BCUT2D eigenvalue weighted by Crippen LogP contribution is -2.25. The zero-order valence-electron chi connectivity index (χ0n) is 18.7. The topological polar surface area (TPSA) is 79.0 Å². The molecule has 2 fully saturated rings. The van der Waals surface area contributed by atoms with Crippen molar-refractivity contribution in [2.24, 2.45) is 0 Å². The Morgan fingerprint density at radius 3 is 2.28 bits per heavy atom. The summed E-state index contributed by atoms with van der Waals surface area (Å²) in [4.78, 5) is 15.5. The lowest BCUT2D eigenvalue weighted by atomic mass is 10.1. The summed E-state index contributed by atoms with van der Waals surface area (Å²) in [5, 5.41) is 2.92. The Bertz CT molecular complexity index is 1060. The van der Waals surface area contributed by atoms with Gasteiger partial charge in [-0.3, -0.25) is 4.79 Å². The highest BCUT2D eigenvalue weighted by atomic mass is 32.2. The number of rotatable bonds is 7. The molecule has 172 valence electrons. The summed E-state index contributed by atoms with van der Waals surface area (Å²) in [6, 6.07) is 12.2. The van der Waals surface area contributed by atoms with Crippen LogP contribution in [0.2, 0.25) is 0 Å². The van der Waals surface area contributed by atoms with Gasteiger partial charge in [0.25, 0.3) is 5.91 Å². The number of ether oxygens (including phenoxy) is 1. The van der Waals surface area contributed by atoms with Crippen molar-refractivity contribution >= 4 is 27.3 Å².